The lowest BCUT2D eigenvalue weighted by Crippen LogP contribution is -2.44. The van der Waals surface area contributed by atoms with E-state index in [-0.39, 0.29) is 31.3 Å². The fourth-order valence-electron chi connectivity index (χ4n) is 4.44. The normalized spacial score (nSPS) is 18.6. The third kappa shape index (κ3) is 6.69. The first-order valence-corrected chi connectivity index (χ1v) is 13.3. The number of carbonyl (C=O) groups excluding carboxylic acids is 2. The summed E-state index contributed by atoms with van der Waals surface area (Å²) in [5, 5.41) is 8.50. The van der Waals surface area contributed by atoms with E-state index in [1.807, 2.05) is 48.6 Å². The number of anilines is 2. The second-order valence-electron chi connectivity index (χ2n) is 9.41. The van der Waals surface area contributed by atoms with Gasteiger partial charge in [0.25, 0.3) is 5.91 Å². The molecule has 4 rings (SSSR count). The lowest BCUT2D eigenvalue weighted by Gasteiger charge is -2.33. The van der Waals surface area contributed by atoms with Crippen molar-refractivity contribution in [2.75, 3.05) is 50.5 Å². The van der Waals surface area contributed by atoms with Crippen LogP contribution in [0, 0.1) is 0 Å². The van der Waals surface area contributed by atoms with Gasteiger partial charge in [-0.3, -0.25) is 9.59 Å². The van der Waals surface area contributed by atoms with Crippen LogP contribution in [0.15, 0.2) is 29.6 Å². The van der Waals surface area contributed by atoms with E-state index in [0.29, 0.717) is 10.8 Å². The molecule has 2 amide bonds. The zero-order chi connectivity index (χ0) is 26.7. The van der Waals surface area contributed by atoms with Crippen molar-refractivity contribution in [3.63, 3.8) is 0 Å². The van der Waals surface area contributed by atoms with Crippen LogP contribution in [0.1, 0.15) is 40.7 Å². The van der Waals surface area contributed by atoms with Gasteiger partial charge in [0.1, 0.15) is 5.69 Å². The first kappa shape index (κ1) is 27.1. The molecule has 1 aromatic heterocycles. The van der Waals surface area contributed by atoms with Crippen LogP contribution in [-0.2, 0) is 4.79 Å². The van der Waals surface area contributed by atoms with Gasteiger partial charge >= 0.3 is 12.1 Å². The molecule has 8 nitrogen and oxygen atoms in total. The van der Waals surface area contributed by atoms with E-state index in [1.165, 1.54) is 16.2 Å². The number of benzene rings is 1. The minimum Gasteiger partial charge on any atom is -0.378 e. The second-order valence-corrected chi connectivity index (χ2v) is 10.7. The molecular weight excluding hydrogens is 525 g/mol. The summed E-state index contributed by atoms with van der Waals surface area (Å²) in [4.78, 5) is 34.2. The van der Waals surface area contributed by atoms with Crippen molar-refractivity contribution in [3.8, 4) is 0 Å². The number of rotatable bonds is 5. The number of likely N-dealkylation sites (tertiary alicyclic amines) is 2. The Morgan fingerprint density at radius 2 is 1.73 bits per heavy atom. The highest BCUT2D eigenvalue weighted by Gasteiger charge is 2.41. The summed E-state index contributed by atoms with van der Waals surface area (Å²) in [5.74, 6) is -2.09. The highest BCUT2D eigenvalue weighted by Crippen LogP contribution is 2.31. The molecule has 37 heavy (non-hydrogen) atoms. The summed E-state index contributed by atoms with van der Waals surface area (Å²) < 4.78 is 37.5. The molecule has 2 aliphatic heterocycles. The van der Waals surface area contributed by atoms with Crippen molar-refractivity contribution >= 4 is 51.9 Å². The average Bonchev–Trinajstić information content (AvgIpc) is 3.54. The number of thiocarbonyl (C=S) groups is 1. The molecule has 200 valence electrons. The molecule has 0 spiro atoms. The van der Waals surface area contributed by atoms with E-state index >= 15 is 0 Å². The summed E-state index contributed by atoms with van der Waals surface area (Å²) in [7, 11) is 3.98. The highest BCUT2D eigenvalue weighted by atomic mass is 32.1. The molecule has 0 saturated carbocycles. The number of alkyl halides is 3. The van der Waals surface area contributed by atoms with Gasteiger partial charge in [0.2, 0.25) is 0 Å². The molecule has 1 aromatic carbocycles. The van der Waals surface area contributed by atoms with Gasteiger partial charge in [-0.2, -0.15) is 13.2 Å². The van der Waals surface area contributed by atoms with Crippen molar-refractivity contribution in [1.29, 1.82) is 0 Å². The number of halogens is 3. The van der Waals surface area contributed by atoms with Crippen LogP contribution >= 0.6 is 23.6 Å². The zero-order valence-corrected chi connectivity index (χ0v) is 22.2. The Bertz CT molecular complexity index is 1130. The van der Waals surface area contributed by atoms with Crippen LogP contribution in [0.3, 0.4) is 0 Å². The number of aromatic nitrogens is 1. The number of nitrogens with one attached hydrogen (secondary N) is 2. The summed E-state index contributed by atoms with van der Waals surface area (Å²) in [6.45, 7) is 1.84. The lowest BCUT2D eigenvalue weighted by molar-refractivity contribution is -0.174. The van der Waals surface area contributed by atoms with Crippen LogP contribution in [-0.4, -0.2) is 84.2 Å². The van der Waals surface area contributed by atoms with Crippen LogP contribution in [0.5, 0.6) is 0 Å². The van der Waals surface area contributed by atoms with Gasteiger partial charge in [0, 0.05) is 69.0 Å². The van der Waals surface area contributed by atoms with Gasteiger partial charge in [-0.15, -0.1) is 11.3 Å². The Balaban J connectivity index is 1.26. The van der Waals surface area contributed by atoms with Gasteiger partial charge in [0.15, 0.2) is 5.11 Å². The van der Waals surface area contributed by atoms with Gasteiger partial charge in [0.05, 0.1) is 5.01 Å². The Hall–Kier alpha value is -2.93. The van der Waals surface area contributed by atoms with Crippen LogP contribution in [0.25, 0.3) is 0 Å². The Kier molecular flexibility index (Phi) is 8.22. The topological polar surface area (TPSA) is 80.8 Å². The Labute approximate surface area is 222 Å². The van der Waals surface area contributed by atoms with Gasteiger partial charge < -0.3 is 25.3 Å². The summed E-state index contributed by atoms with van der Waals surface area (Å²) in [6, 6.07) is 7.33. The van der Waals surface area contributed by atoms with Crippen molar-refractivity contribution in [2.45, 2.75) is 37.4 Å². The van der Waals surface area contributed by atoms with Crippen LogP contribution in [0.4, 0.5) is 24.5 Å². The fourth-order valence-corrected chi connectivity index (χ4v) is 5.71. The maximum absolute atomic E-state index is 12.8. The number of amides is 2. The van der Waals surface area contributed by atoms with Gasteiger partial charge in [-0.05, 0) is 55.7 Å². The lowest BCUT2D eigenvalue weighted by atomic mass is 9.98. The smallest absolute Gasteiger partial charge is 0.378 e. The van der Waals surface area contributed by atoms with Crippen molar-refractivity contribution < 1.29 is 22.8 Å². The largest absolute Gasteiger partial charge is 0.471 e. The summed E-state index contributed by atoms with van der Waals surface area (Å²) in [6.07, 6.45) is -2.97. The van der Waals surface area contributed by atoms with E-state index in [4.69, 9.17) is 12.2 Å². The maximum Gasteiger partial charge on any atom is 0.471 e. The van der Waals surface area contributed by atoms with Crippen LogP contribution < -0.4 is 15.5 Å². The van der Waals surface area contributed by atoms with E-state index in [0.717, 1.165) is 42.3 Å². The molecule has 0 bridgehead atoms. The minimum absolute atomic E-state index is 0.0359. The van der Waals surface area contributed by atoms with E-state index in [1.54, 1.807) is 5.38 Å². The number of nitrogens with zero attached hydrogens (tertiary/aromatic N) is 4. The molecule has 2 aromatic rings. The van der Waals surface area contributed by atoms with Crippen molar-refractivity contribution in [3.05, 3.63) is 40.3 Å². The first-order valence-electron chi connectivity index (χ1n) is 12.0. The Morgan fingerprint density at radius 1 is 1.08 bits per heavy atom. The number of hydrogen-bond donors (Lipinski definition) is 2. The summed E-state index contributed by atoms with van der Waals surface area (Å²) >= 11 is 7.03. The number of hydrogen-bond acceptors (Lipinski definition) is 6. The first-order chi connectivity index (χ1) is 17.5. The SMILES string of the molecule is CN(C)c1ccc(NC(=S)N2CCC(c3nc(C(=O)N4CCC(NC(=O)C(F)(F)F)C4)cs3)CC2)cc1. The molecule has 3 heterocycles. The molecule has 13 heteroatoms. The molecule has 1 unspecified atom stereocenters. The number of thiazole rings is 1. The average molecular weight is 555 g/mol. The molecule has 0 aliphatic carbocycles. The van der Waals surface area contributed by atoms with E-state index < -0.39 is 18.1 Å². The predicted octanol–water partition coefficient (Wildman–Crippen LogP) is 3.68. The standard InChI is InChI=1S/C24H29F3N6O2S2/c1-31(2)18-5-3-16(4-6-18)29-23(36)32-10-7-15(8-11-32)20-30-19(14-37-20)21(34)33-12-9-17(13-33)28-22(35)24(25,26)27/h3-6,14-15,17H,7-13H2,1-2H3,(H,28,35)(H,29,36). The third-order valence-corrected chi connectivity index (χ3v) is 7.94. The Morgan fingerprint density at radius 3 is 2.35 bits per heavy atom. The number of carbonyl (C=O) groups is 2. The number of piperidine rings is 1. The summed E-state index contributed by atoms with van der Waals surface area (Å²) in [5.41, 5.74) is 2.34. The minimum atomic E-state index is -4.94. The molecule has 1 atom stereocenters. The van der Waals surface area contributed by atoms with E-state index in [2.05, 4.69) is 15.2 Å². The van der Waals surface area contributed by atoms with Gasteiger partial charge in [-0.1, -0.05) is 0 Å². The molecule has 2 saturated heterocycles. The van der Waals surface area contributed by atoms with Crippen molar-refractivity contribution in [2.24, 2.45) is 0 Å². The van der Waals surface area contributed by atoms with Crippen molar-refractivity contribution in [1.82, 2.24) is 20.1 Å². The third-order valence-electron chi connectivity index (χ3n) is 6.58. The maximum atomic E-state index is 12.8. The fraction of sp³-hybridized carbons (Fsp3) is 0.500. The van der Waals surface area contributed by atoms with E-state index in [9.17, 15) is 22.8 Å². The molecule has 2 fully saturated rings. The van der Waals surface area contributed by atoms with Gasteiger partial charge in [-0.25, -0.2) is 4.98 Å². The predicted molar refractivity (Wildman–Crippen MR) is 141 cm³/mol. The van der Waals surface area contributed by atoms with Crippen LogP contribution in [0.2, 0.25) is 0 Å². The monoisotopic (exact) mass is 554 g/mol. The molecule has 2 N–H and O–H groups in total. The highest BCUT2D eigenvalue weighted by molar-refractivity contribution is 7.80. The molecular formula is C24H29F3N6O2S2. The zero-order valence-electron chi connectivity index (χ0n) is 20.5. The second kappa shape index (κ2) is 11.2. The molecule has 0 radical (unpaired) electrons. The quantitative estimate of drug-likeness (QED) is 0.546. The molecule has 2 aliphatic rings.